The molecule has 6 heteroatoms. The predicted molar refractivity (Wildman–Crippen MR) is 102 cm³/mol. The van der Waals surface area contributed by atoms with Crippen molar-refractivity contribution >= 4 is 17.7 Å². The van der Waals surface area contributed by atoms with E-state index in [0.717, 1.165) is 32.1 Å². The summed E-state index contributed by atoms with van der Waals surface area (Å²) in [4.78, 5) is 42.1. The Morgan fingerprint density at radius 2 is 1.59 bits per heavy atom. The van der Waals surface area contributed by atoms with Crippen molar-refractivity contribution < 1.29 is 14.4 Å². The Bertz CT molecular complexity index is 581. The Labute approximate surface area is 162 Å². The van der Waals surface area contributed by atoms with Crippen LogP contribution < -0.4 is 5.32 Å². The quantitative estimate of drug-likeness (QED) is 0.821. The maximum Gasteiger partial charge on any atom is 0.245 e. The van der Waals surface area contributed by atoms with Crippen LogP contribution >= 0.6 is 0 Å². The second-order valence-electron chi connectivity index (χ2n) is 8.97. The minimum atomic E-state index is -0.499. The summed E-state index contributed by atoms with van der Waals surface area (Å²) in [6.07, 6.45) is 12.3. The standard InChI is InChI=1S/C21H33N3O3/c25-19-18-14-23(20(26)16-9-5-2-6-10-16)11-12-24(18)21(27)17(22-19)13-15-7-3-1-4-8-15/h15-18H,1-14H2,(H,22,25). The van der Waals surface area contributed by atoms with Crippen LogP contribution in [0.25, 0.3) is 0 Å². The fourth-order valence-corrected chi connectivity index (χ4v) is 5.52. The van der Waals surface area contributed by atoms with E-state index < -0.39 is 6.04 Å². The first-order valence-electron chi connectivity index (χ1n) is 11.0. The number of nitrogens with one attached hydrogen (secondary N) is 1. The van der Waals surface area contributed by atoms with Gasteiger partial charge in [-0.05, 0) is 25.2 Å². The fraction of sp³-hybridized carbons (Fsp3) is 0.857. The van der Waals surface area contributed by atoms with E-state index in [4.69, 9.17) is 0 Å². The lowest BCUT2D eigenvalue weighted by molar-refractivity contribution is -0.157. The van der Waals surface area contributed by atoms with Crippen molar-refractivity contribution in [1.29, 1.82) is 0 Å². The van der Waals surface area contributed by atoms with E-state index in [1.165, 1.54) is 38.5 Å². The van der Waals surface area contributed by atoms with E-state index >= 15 is 0 Å². The van der Waals surface area contributed by atoms with Crippen molar-refractivity contribution in [2.45, 2.75) is 82.7 Å². The number of nitrogens with zero attached hydrogens (tertiary/aromatic N) is 2. The summed E-state index contributed by atoms with van der Waals surface area (Å²) in [6, 6.07) is -0.862. The molecule has 2 atom stereocenters. The van der Waals surface area contributed by atoms with Gasteiger partial charge in [0.25, 0.3) is 0 Å². The van der Waals surface area contributed by atoms with Crippen LogP contribution in [0.5, 0.6) is 0 Å². The molecule has 6 nitrogen and oxygen atoms in total. The molecule has 150 valence electrons. The molecule has 4 fully saturated rings. The molecule has 0 spiro atoms. The SMILES string of the molecule is O=C1NC(CC2CCCCC2)C(=O)N2CCN(C(=O)C3CCCCC3)CC12. The number of hydrogen-bond acceptors (Lipinski definition) is 3. The molecule has 1 N–H and O–H groups in total. The highest BCUT2D eigenvalue weighted by atomic mass is 16.2. The van der Waals surface area contributed by atoms with Crippen molar-refractivity contribution in [2.75, 3.05) is 19.6 Å². The van der Waals surface area contributed by atoms with Gasteiger partial charge in [-0.25, -0.2) is 0 Å². The second kappa shape index (κ2) is 8.19. The van der Waals surface area contributed by atoms with Crippen LogP contribution in [-0.4, -0.2) is 59.2 Å². The van der Waals surface area contributed by atoms with Crippen LogP contribution in [0.1, 0.15) is 70.6 Å². The lowest BCUT2D eigenvalue weighted by Gasteiger charge is -2.46. The summed E-state index contributed by atoms with van der Waals surface area (Å²) in [5.41, 5.74) is 0. The predicted octanol–water partition coefficient (Wildman–Crippen LogP) is 2.07. The molecule has 4 aliphatic rings. The molecule has 3 amide bonds. The minimum Gasteiger partial charge on any atom is -0.342 e. The van der Waals surface area contributed by atoms with Crippen LogP contribution in [0.3, 0.4) is 0 Å². The second-order valence-corrected chi connectivity index (χ2v) is 8.97. The summed E-state index contributed by atoms with van der Waals surface area (Å²) < 4.78 is 0. The van der Waals surface area contributed by atoms with Gasteiger partial charge < -0.3 is 15.1 Å². The molecule has 4 rings (SSSR count). The molecule has 0 bridgehead atoms. The Hall–Kier alpha value is -1.59. The van der Waals surface area contributed by atoms with Gasteiger partial charge in [0, 0.05) is 19.0 Å². The number of rotatable bonds is 3. The normalized spacial score (nSPS) is 30.8. The van der Waals surface area contributed by atoms with Gasteiger partial charge in [-0.2, -0.15) is 0 Å². The van der Waals surface area contributed by atoms with Gasteiger partial charge >= 0.3 is 0 Å². The third kappa shape index (κ3) is 3.99. The highest BCUT2D eigenvalue weighted by molar-refractivity contribution is 5.97. The number of amides is 3. The molecule has 0 aromatic rings. The summed E-state index contributed by atoms with van der Waals surface area (Å²) in [5, 5.41) is 2.98. The number of fused-ring (bicyclic) bond motifs is 1. The van der Waals surface area contributed by atoms with Gasteiger partial charge in [-0.3, -0.25) is 14.4 Å². The molecule has 27 heavy (non-hydrogen) atoms. The van der Waals surface area contributed by atoms with Gasteiger partial charge in [0.2, 0.25) is 17.7 Å². The van der Waals surface area contributed by atoms with E-state index in [1.807, 2.05) is 4.90 Å². The zero-order valence-electron chi connectivity index (χ0n) is 16.3. The molecular weight excluding hydrogens is 342 g/mol. The average molecular weight is 376 g/mol. The van der Waals surface area contributed by atoms with Crippen LogP contribution in [0.4, 0.5) is 0 Å². The smallest absolute Gasteiger partial charge is 0.245 e. The topological polar surface area (TPSA) is 69.7 Å². The van der Waals surface area contributed by atoms with E-state index in [-0.39, 0.29) is 29.7 Å². The lowest BCUT2D eigenvalue weighted by Crippen LogP contribution is -2.70. The number of carbonyl (C=O) groups is 3. The first kappa shape index (κ1) is 18.8. The Morgan fingerprint density at radius 3 is 2.30 bits per heavy atom. The molecule has 2 aliphatic heterocycles. The largest absolute Gasteiger partial charge is 0.342 e. The number of piperazine rings is 2. The average Bonchev–Trinajstić information content (AvgIpc) is 2.72. The molecule has 0 aromatic heterocycles. The summed E-state index contributed by atoms with van der Waals surface area (Å²) in [7, 11) is 0. The molecule has 2 heterocycles. The molecule has 2 saturated heterocycles. The van der Waals surface area contributed by atoms with Gasteiger partial charge in [0.15, 0.2) is 0 Å². The van der Waals surface area contributed by atoms with Gasteiger partial charge in [-0.15, -0.1) is 0 Å². The minimum absolute atomic E-state index is 0.0648. The monoisotopic (exact) mass is 375 g/mol. The molecule has 2 aliphatic carbocycles. The molecule has 2 unspecified atom stereocenters. The summed E-state index contributed by atoms with van der Waals surface area (Å²) in [6.45, 7) is 1.43. The van der Waals surface area contributed by atoms with E-state index in [2.05, 4.69) is 5.32 Å². The Balaban J connectivity index is 1.37. The zero-order chi connectivity index (χ0) is 18.8. The van der Waals surface area contributed by atoms with Crippen molar-refractivity contribution in [1.82, 2.24) is 15.1 Å². The maximum absolute atomic E-state index is 13.0. The van der Waals surface area contributed by atoms with Gasteiger partial charge in [0.05, 0.1) is 6.54 Å². The van der Waals surface area contributed by atoms with Crippen LogP contribution in [0.2, 0.25) is 0 Å². The van der Waals surface area contributed by atoms with E-state index in [9.17, 15) is 14.4 Å². The third-order valence-electron chi connectivity index (χ3n) is 7.14. The highest BCUT2D eigenvalue weighted by Gasteiger charge is 2.45. The van der Waals surface area contributed by atoms with E-state index in [0.29, 0.717) is 25.6 Å². The fourth-order valence-electron chi connectivity index (χ4n) is 5.52. The van der Waals surface area contributed by atoms with Gasteiger partial charge in [-0.1, -0.05) is 51.4 Å². The Morgan fingerprint density at radius 1 is 0.926 bits per heavy atom. The van der Waals surface area contributed by atoms with Crippen LogP contribution in [0, 0.1) is 11.8 Å². The number of hydrogen-bond donors (Lipinski definition) is 1. The van der Waals surface area contributed by atoms with Crippen LogP contribution in [0.15, 0.2) is 0 Å². The first-order chi connectivity index (χ1) is 13.1. The first-order valence-corrected chi connectivity index (χ1v) is 11.0. The lowest BCUT2D eigenvalue weighted by atomic mass is 9.83. The Kier molecular flexibility index (Phi) is 5.69. The highest BCUT2D eigenvalue weighted by Crippen LogP contribution is 2.30. The third-order valence-corrected chi connectivity index (χ3v) is 7.14. The summed E-state index contributed by atoms with van der Waals surface area (Å²) >= 11 is 0. The molecule has 0 aromatic carbocycles. The molecule has 2 saturated carbocycles. The van der Waals surface area contributed by atoms with Crippen LogP contribution in [-0.2, 0) is 14.4 Å². The molecular formula is C21H33N3O3. The van der Waals surface area contributed by atoms with Crippen molar-refractivity contribution in [3.63, 3.8) is 0 Å². The van der Waals surface area contributed by atoms with Crippen molar-refractivity contribution in [2.24, 2.45) is 11.8 Å². The van der Waals surface area contributed by atoms with E-state index in [1.54, 1.807) is 4.90 Å². The summed E-state index contributed by atoms with van der Waals surface area (Å²) in [5.74, 6) is 0.857. The van der Waals surface area contributed by atoms with Gasteiger partial charge in [0.1, 0.15) is 12.1 Å². The van der Waals surface area contributed by atoms with Crippen molar-refractivity contribution in [3.8, 4) is 0 Å². The number of carbonyl (C=O) groups excluding carboxylic acids is 3. The molecule has 0 radical (unpaired) electrons. The zero-order valence-corrected chi connectivity index (χ0v) is 16.3. The van der Waals surface area contributed by atoms with Crippen molar-refractivity contribution in [3.05, 3.63) is 0 Å². The maximum atomic E-state index is 13.0.